The minimum atomic E-state index is 0.0353. The number of anilines is 1. The first-order valence-electron chi connectivity index (χ1n) is 9.69. The maximum absolute atomic E-state index is 12.1. The molecule has 5 heteroatoms. The molecule has 0 radical (unpaired) electrons. The van der Waals surface area contributed by atoms with E-state index in [9.17, 15) is 4.79 Å². The van der Waals surface area contributed by atoms with Crippen molar-refractivity contribution in [3.63, 3.8) is 0 Å². The molecule has 0 heterocycles. The van der Waals surface area contributed by atoms with E-state index < -0.39 is 0 Å². The molecule has 27 heavy (non-hydrogen) atoms. The molecule has 0 spiro atoms. The van der Waals surface area contributed by atoms with Crippen LogP contribution in [0.3, 0.4) is 0 Å². The van der Waals surface area contributed by atoms with E-state index in [1.165, 1.54) is 32.1 Å². The largest absolute Gasteiger partial charge is 0.489 e. The molecule has 0 aliphatic heterocycles. The molecule has 1 amide bonds. The van der Waals surface area contributed by atoms with Crippen LogP contribution in [0.1, 0.15) is 44.1 Å². The van der Waals surface area contributed by atoms with Crippen molar-refractivity contribution >= 4 is 23.2 Å². The van der Waals surface area contributed by atoms with Crippen molar-refractivity contribution < 1.29 is 9.53 Å². The zero-order chi connectivity index (χ0) is 18.9. The van der Waals surface area contributed by atoms with Crippen molar-refractivity contribution in [3.05, 3.63) is 59.1 Å². The molecule has 0 unspecified atom stereocenters. The van der Waals surface area contributed by atoms with E-state index in [-0.39, 0.29) is 5.91 Å². The van der Waals surface area contributed by atoms with Gasteiger partial charge in [0.25, 0.3) is 0 Å². The SMILES string of the molecule is O=C(CCNC1CCCCC1)Nc1ccc(OCc2ccc(Cl)cc2)cc1. The monoisotopic (exact) mass is 386 g/mol. The molecule has 0 atom stereocenters. The van der Waals surface area contributed by atoms with E-state index in [1.807, 2.05) is 48.5 Å². The van der Waals surface area contributed by atoms with Crippen molar-refractivity contribution in [1.29, 1.82) is 0 Å². The predicted octanol–water partition coefficient (Wildman–Crippen LogP) is 5.17. The second-order valence-corrected chi connectivity index (χ2v) is 7.46. The van der Waals surface area contributed by atoms with Crippen LogP contribution in [0.4, 0.5) is 5.69 Å². The summed E-state index contributed by atoms with van der Waals surface area (Å²) in [6, 6.07) is 15.6. The molecule has 4 nitrogen and oxygen atoms in total. The second-order valence-electron chi connectivity index (χ2n) is 7.03. The van der Waals surface area contributed by atoms with Gasteiger partial charge in [-0.25, -0.2) is 0 Å². The highest BCUT2D eigenvalue weighted by atomic mass is 35.5. The third-order valence-electron chi connectivity index (χ3n) is 4.85. The van der Waals surface area contributed by atoms with E-state index in [4.69, 9.17) is 16.3 Å². The summed E-state index contributed by atoms with van der Waals surface area (Å²) in [7, 11) is 0. The van der Waals surface area contributed by atoms with Gasteiger partial charge in [0.15, 0.2) is 0 Å². The number of amides is 1. The minimum absolute atomic E-state index is 0.0353. The molecule has 0 aromatic heterocycles. The zero-order valence-electron chi connectivity index (χ0n) is 15.5. The highest BCUT2D eigenvalue weighted by Crippen LogP contribution is 2.19. The van der Waals surface area contributed by atoms with E-state index in [0.717, 1.165) is 23.5 Å². The van der Waals surface area contributed by atoms with E-state index in [0.29, 0.717) is 24.1 Å². The highest BCUT2D eigenvalue weighted by Gasteiger charge is 2.12. The van der Waals surface area contributed by atoms with Gasteiger partial charge < -0.3 is 15.4 Å². The standard InChI is InChI=1S/C22H27ClN2O2/c23-18-8-6-17(7-9-18)16-27-21-12-10-20(11-13-21)25-22(26)14-15-24-19-4-2-1-3-5-19/h6-13,19,24H,1-5,14-16H2,(H,25,26). The Bertz CT molecular complexity index is 710. The normalized spacial score (nSPS) is 14.7. The first-order valence-corrected chi connectivity index (χ1v) is 10.1. The number of ether oxygens (including phenoxy) is 1. The van der Waals surface area contributed by atoms with Crippen LogP contribution in [0.25, 0.3) is 0 Å². The Labute approximate surface area is 166 Å². The van der Waals surface area contributed by atoms with Gasteiger partial charge in [0.2, 0.25) is 5.91 Å². The molecular weight excluding hydrogens is 360 g/mol. The Morgan fingerprint density at radius 3 is 2.41 bits per heavy atom. The maximum Gasteiger partial charge on any atom is 0.225 e. The van der Waals surface area contributed by atoms with Crippen molar-refractivity contribution in [2.75, 3.05) is 11.9 Å². The van der Waals surface area contributed by atoms with Crippen LogP contribution in [-0.4, -0.2) is 18.5 Å². The van der Waals surface area contributed by atoms with Crippen molar-refractivity contribution in [2.45, 2.75) is 51.2 Å². The van der Waals surface area contributed by atoms with Gasteiger partial charge >= 0.3 is 0 Å². The van der Waals surface area contributed by atoms with Crippen LogP contribution in [0.5, 0.6) is 5.75 Å². The fourth-order valence-electron chi connectivity index (χ4n) is 3.30. The lowest BCUT2D eigenvalue weighted by Crippen LogP contribution is -2.33. The number of nitrogens with one attached hydrogen (secondary N) is 2. The summed E-state index contributed by atoms with van der Waals surface area (Å²) in [5.74, 6) is 0.801. The van der Waals surface area contributed by atoms with Crippen LogP contribution in [0, 0.1) is 0 Å². The summed E-state index contributed by atoms with van der Waals surface area (Å²) < 4.78 is 5.76. The summed E-state index contributed by atoms with van der Waals surface area (Å²) in [5.41, 5.74) is 1.85. The Balaban J connectivity index is 1.37. The lowest BCUT2D eigenvalue weighted by Gasteiger charge is -2.22. The number of hydrogen-bond acceptors (Lipinski definition) is 3. The second kappa shape index (κ2) is 10.3. The average Bonchev–Trinajstić information content (AvgIpc) is 2.69. The topological polar surface area (TPSA) is 50.4 Å². The molecule has 1 aliphatic carbocycles. The van der Waals surface area contributed by atoms with Gasteiger partial charge in [0, 0.05) is 29.7 Å². The number of benzene rings is 2. The lowest BCUT2D eigenvalue weighted by molar-refractivity contribution is -0.116. The van der Waals surface area contributed by atoms with E-state index >= 15 is 0 Å². The molecule has 2 aromatic rings. The van der Waals surface area contributed by atoms with Crippen LogP contribution in [0.15, 0.2) is 48.5 Å². The van der Waals surface area contributed by atoms with Gasteiger partial charge in [-0.15, -0.1) is 0 Å². The Hall–Kier alpha value is -2.04. The van der Waals surface area contributed by atoms with Crippen molar-refractivity contribution in [1.82, 2.24) is 5.32 Å². The molecule has 1 saturated carbocycles. The number of hydrogen-bond donors (Lipinski definition) is 2. The van der Waals surface area contributed by atoms with Crippen molar-refractivity contribution in [3.8, 4) is 5.75 Å². The molecule has 3 rings (SSSR count). The zero-order valence-corrected chi connectivity index (χ0v) is 16.3. The quantitative estimate of drug-likeness (QED) is 0.658. The van der Waals surface area contributed by atoms with Gasteiger partial charge in [-0.3, -0.25) is 4.79 Å². The summed E-state index contributed by atoms with van der Waals surface area (Å²) in [6.45, 7) is 1.22. The van der Waals surface area contributed by atoms with E-state index in [2.05, 4.69) is 10.6 Å². The van der Waals surface area contributed by atoms with E-state index in [1.54, 1.807) is 0 Å². The lowest BCUT2D eigenvalue weighted by atomic mass is 9.95. The Morgan fingerprint density at radius 2 is 1.70 bits per heavy atom. The van der Waals surface area contributed by atoms with Gasteiger partial charge in [0.1, 0.15) is 12.4 Å². The molecule has 2 aromatic carbocycles. The third kappa shape index (κ3) is 6.89. The van der Waals surface area contributed by atoms with Crippen LogP contribution in [0.2, 0.25) is 5.02 Å². The number of rotatable bonds is 8. The molecule has 1 fully saturated rings. The first kappa shape index (κ1) is 19.7. The predicted molar refractivity (Wildman–Crippen MR) is 110 cm³/mol. The van der Waals surface area contributed by atoms with Gasteiger partial charge in [-0.05, 0) is 54.8 Å². The first-order chi connectivity index (χ1) is 13.2. The molecule has 0 bridgehead atoms. The minimum Gasteiger partial charge on any atom is -0.489 e. The third-order valence-corrected chi connectivity index (χ3v) is 5.10. The van der Waals surface area contributed by atoms with Crippen LogP contribution < -0.4 is 15.4 Å². The summed E-state index contributed by atoms with van der Waals surface area (Å²) in [4.78, 5) is 12.1. The number of halogens is 1. The highest BCUT2D eigenvalue weighted by molar-refractivity contribution is 6.30. The number of carbonyl (C=O) groups excluding carboxylic acids is 1. The molecular formula is C22H27ClN2O2. The smallest absolute Gasteiger partial charge is 0.225 e. The van der Waals surface area contributed by atoms with Gasteiger partial charge in [-0.2, -0.15) is 0 Å². The Morgan fingerprint density at radius 1 is 1.00 bits per heavy atom. The maximum atomic E-state index is 12.1. The summed E-state index contributed by atoms with van der Waals surface area (Å²) in [5, 5.41) is 7.15. The van der Waals surface area contributed by atoms with Gasteiger partial charge in [-0.1, -0.05) is 43.0 Å². The fraction of sp³-hybridized carbons (Fsp3) is 0.409. The summed E-state index contributed by atoms with van der Waals surface area (Å²) in [6.07, 6.45) is 6.91. The number of carbonyl (C=O) groups is 1. The van der Waals surface area contributed by atoms with Gasteiger partial charge in [0.05, 0.1) is 0 Å². The molecule has 1 aliphatic rings. The van der Waals surface area contributed by atoms with Crippen LogP contribution in [-0.2, 0) is 11.4 Å². The molecule has 144 valence electrons. The molecule has 2 N–H and O–H groups in total. The molecule has 0 saturated heterocycles. The average molecular weight is 387 g/mol. The van der Waals surface area contributed by atoms with Crippen LogP contribution >= 0.6 is 11.6 Å². The van der Waals surface area contributed by atoms with Crippen molar-refractivity contribution in [2.24, 2.45) is 0 Å². The fourth-order valence-corrected chi connectivity index (χ4v) is 3.43. The Kier molecular flexibility index (Phi) is 7.55. The summed E-state index contributed by atoms with van der Waals surface area (Å²) >= 11 is 5.88.